The molecule has 2 rings (SSSR count). The summed E-state index contributed by atoms with van der Waals surface area (Å²) in [6.07, 6.45) is 0.405. The fourth-order valence-electron chi connectivity index (χ4n) is 1.99. The lowest BCUT2D eigenvalue weighted by Crippen LogP contribution is -2.30. The number of β-amino-alcohol motifs (C(OH)–C–C–N with tert-alkyl or cyclic N) is 1. The largest absolute Gasteiger partial charge is 0.391 e. The molecular formula is C12H14N2O4. The molecule has 1 fully saturated rings. The van der Waals surface area contributed by atoms with Gasteiger partial charge in [-0.2, -0.15) is 0 Å². The van der Waals surface area contributed by atoms with Gasteiger partial charge in [0.15, 0.2) is 0 Å². The SMILES string of the molecule is O=C(Cc1ccc([N+](=O)[O-])cc1)N1CC[C@H](O)C1. The molecule has 1 aliphatic heterocycles. The number of nitro groups is 1. The first-order valence-corrected chi connectivity index (χ1v) is 5.75. The first-order chi connectivity index (χ1) is 8.56. The molecule has 6 heteroatoms. The average molecular weight is 250 g/mol. The van der Waals surface area contributed by atoms with Crippen LogP contribution >= 0.6 is 0 Å². The summed E-state index contributed by atoms with van der Waals surface area (Å²) in [7, 11) is 0. The molecule has 0 aliphatic carbocycles. The van der Waals surface area contributed by atoms with Gasteiger partial charge in [-0.3, -0.25) is 14.9 Å². The Morgan fingerprint density at radius 2 is 2.11 bits per heavy atom. The number of rotatable bonds is 3. The summed E-state index contributed by atoms with van der Waals surface area (Å²) < 4.78 is 0. The number of carbonyl (C=O) groups excluding carboxylic acids is 1. The van der Waals surface area contributed by atoms with E-state index in [9.17, 15) is 20.0 Å². The number of nitrogens with zero attached hydrogens (tertiary/aromatic N) is 2. The summed E-state index contributed by atoms with van der Waals surface area (Å²) in [5, 5.41) is 19.8. The maximum atomic E-state index is 11.9. The zero-order valence-electron chi connectivity index (χ0n) is 9.78. The van der Waals surface area contributed by atoms with E-state index in [0.717, 1.165) is 5.56 Å². The lowest BCUT2D eigenvalue weighted by Gasteiger charge is -2.15. The molecule has 0 saturated carbocycles. The fraction of sp³-hybridized carbons (Fsp3) is 0.417. The fourth-order valence-corrected chi connectivity index (χ4v) is 1.99. The van der Waals surface area contributed by atoms with Gasteiger partial charge >= 0.3 is 0 Å². The quantitative estimate of drug-likeness (QED) is 0.633. The summed E-state index contributed by atoms with van der Waals surface area (Å²) in [6, 6.07) is 5.95. The van der Waals surface area contributed by atoms with Crippen molar-refractivity contribution < 1.29 is 14.8 Å². The van der Waals surface area contributed by atoms with Crippen molar-refractivity contribution in [2.75, 3.05) is 13.1 Å². The van der Waals surface area contributed by atoms with Crippen LogP contribution in [0.2, 0.25) is 0 Å². The smallest absolute Gasteiger partial charge is 0.269 e. The highest BCUT2D eigenvalue weighted by molar-refractivity contribution is 5.79. The van der Waals surface area contributed by atoms with E-state index in [0.29, 0.717) is 19.5 Å². The van der Waals surface area contributed by atoms with Crippen molar-refractivity contribution in [3.8, 4) is 0 Å². The number of amides is 1. The Bertz CT molecular complexity index is 458. The summed E-state index contributed by atoms with van der Waals surface area (Å²) in [6.45, 7) is 0.957. The molecule has 96 valence electrons. The van der Waals surface area contributed by atoms with E-state index in [4.69, 9.17) is 0 Å². The first-order valence-electron chi connectivity index (χ1n) is 5.75. The summed E-state index contributed by atoms with van der Waals surface area (Å²) in [5.74, 6) is -0.0552. The normalized spacial score (nSPS) is 18.9. The van der Waals surface area contributed by atoms with Crippen molar-refractivity contribution in [3.05, 3.63) is 39.9 Å². The average Bonchev–Trinajstić information content (AvgIpc) is 2.76. The third-order valence-corrected chi connectivity index (χ3v) is 3.02. The van der Waals surface area contributed by atoms with E-state index in [1.807, 2.05) is 0 Å². The van der Waals surface area contributed by atoms with Crippen LogP contribution in [0.25, 0.3) is 0 Å². The molecule has 1 N–H and O–H groups in total. The molecule has 0 radical (unpaired) electrons. The van der Waals surface area contributed by atoms with Crippen LogP contribution in [0, 0.1) is 10.1 Å². The summed E-state index contributed by atoms with van der Waals surface area (Å²) in [4.78, 5) is 23.5. The maximum Gasteiger partial charge on any atom is 0.269 e. The molecule has 1 atom stereocenters. The van der Waals surface area contributed by atoms with E-state index < -0.39 is 11.0 Å². The van der Waals surface area contributed by atoms with Crippen LogP contribution in [0.5, 0.6) is 0 Å². The Hall–Kier alpha value is -1.95. The highest BCUT2D eigenvalue weighted by Gasteiger charge is 2.24. The molecule has 1 aromatic carbocycles. The highest BCUT2D eigenvalue weighted by atomic mass is 16.6. The number of aliphatic hydroxyl groups is 1. The predicted molar refractivity (Wildman–Crippen MR) is 64.0 cm³/mol. The van der Waals surface area contributed by atoms with Gasteiger partial charge in [0, 0.05) is 25.2 Å². The molecule has 18 heavy (non-hydrogen) atoms. The van der Waals surface area contributed by atoms with Gasteiger partial charge in [0.05, 0.1) is 17.4 Å². The van der Waals surface area contributed by atoms with Gasteiger partial charge in [0.1, 0.15) is 0 Å². The van der Waals surface area contributed by atoms with Crippen LogP contribution < -0.4 is 0 Å². The predicted octanol–water partition coefficient (Wildman–Crippen LogP) is 0.730. The molecule has 1 heterocycles. The van der Waals surface area contributed by atoms with Gasteiger partial charge in [-0.05, 0) is 12.0 Å². The van der Waals surface area contributed by atoms with E-state index in [2.05, 4.69) is 0 Å². The number of hydrogen-bond acceptors (Lipinski definition) is 4. The van der Waals surface area contributed by atoms with Gasteiger partial charge in [-0.15, -0.1) is 0 Å². The van der Waals surface area contributed by atoms with Gasteiger partial charge in [-0.1, -0.05) is 12.1 Å². The van der Waals surface area contributed by atoms with Crippen LogP contribution in [0.1, 0.15) is 12.0 Å². The van der Waals surface area contributed by atoms with Crippen LogP contribution in [-0.2, 0) is 11.2 Å². The second kappa shape index (κ2) is 5.14. The lowest BCUT2D eigenvalue weighted by molar-refractivity contribution is -0.384. The molecule has 6 nitrogen and oxygen atoms in total. The minimum Gasteiger partial charge on any atom is -0.391 e. The molecule has 0 bridgehead atoms. The van der Waals surface area contributed by atoms with E-state index in [1.165, 1.54) is 12.1 Å². The molecule has 1 saturated heterocycles. The van der Waals surface area contributed by atoms with E-state index in [-0.39, 0.29) is 18.0 Å². The molecule has 0 spiro atoms. The van der Waals surface area contributed by atoms with E-state index in [1.54, 1.807) is 17.0 Å². The first kappa shape index (κ1) is 12.5. The number of hydrogen-bond donors (Lipinski definition) is 1. The van der Waals surface area contributed by atoms with Gasteiger partial charge < -0.3 is 10.0 Å². The van der Waals surface area contributed by atoms with Crippen LogP contribution in [-0.4, -0.2) is 40.0 Å². The van der Waals surface area contributed by atoms with Crippen molar-refractivity contribution >= 4 is 11.6 Å². The highest BCUT2D eigenvalue weighted by Crippen LogP contribution is 2.15. The number of carbonyl (C=O) groups is 1. The van der Waals surface area contributed by atoms with Gasteiger partial charge in [-0.25, -0.2) is 0 Å². The standard InChI is InChI=1S/C12H14N2O4/c15-11-5-6-13(8-11)12(16)7-9-1-3-10(4-2-9)14(17)18/h1-4,11,15H,5-8H2/t11-/m0/s1. The summed E-state index contributed by atoms with van der Waals surface area (Å²) >= 11 is 0. The molecule has 1 aromatic rings. The number of nitro benzene ring substituents is 1. The third-order valence-electron chi connectivity index (χ3n) is 3.02. The Balaban J connectivity index is 1.97. The maximum absolute atomic E-state index is 11.9. The van der Waals surface area contributed by atoms with Crippen LogP contribution in [0.3, 0.4) is 0 Å². The zero-order chi connectivity index (χ0) is 13.1. The van der Waals surface area contributed by atoms with Crippen molar-refractivity contribution in [2.45, 2.75) is 18.9 Å². The minimum atomic E-state index is -0.470. The Kier molecular flexibility index (Phi) is 3.57. The Morgan fingerprint density at radius 1 is 1.44 bits per heavy atom. The zero-order valence-corrected chi connectivity index (χ0v) is 9.78. The minimum absolute atomic E-state index is 0.0165. The molecule has 0 unspecified atom stereocenters. The van der Waals surface area contributed by atoms with Crippen molar-refractivity contribution in [1.29, 1.82) is 0 Å². The molecule has 1 aliphatic rings. The number of aliphatic hydroxyl groups excluding tert-OH is 1. The Labute approximate surface area is 104 Å². The molecule has 0 aromatic heterocycles. The van der Waals surface area contributed by atoms with E-state index >= 15 is 0 Å². The van der Waals surface area contributed by atoms with Crippen LogP contribution in [0.4, 0.5) is 5.69 Å². The Morgan fingerprint density at radius 3 is 2.61 bits per heavy atom. The summed E-state index contributed by atoms with van der Waals surface area (Å²) in [5.41, 5.74) is 0.759. The van der Waals surface area contributed by atoms with Gasteiger partial charge in [0.25, 0.3) is 5.69 Å². The van der Waals surface area contributed by atoms with Crippen molar-refractivity contribution in [3.63, 3.8) is 0 Å². The third kappa shape index (κ3) is 2.84. The number of benzene rings is 1. The van der Waals surface area contributed by atoms with Gasteiger partial charge in [0.2, 0.25) is 5.91 Å². The molecule has 1 amide bonds. The lowest BCUT2D eigenvalue weighted by atomic mass is 10.1. The second-order valence-electron chi connectivity index (χ2n) is 4.38. The molecular weight excluding hydrogens is 236 g/mol. The second-order valence-corrected chi connectivity index (χ2v) is 4.38. The van der Waals surface area contributed by atoms with Crippen molar-refractivity contribution in [1.82, 2.24) is 4.90 Å². The van der Waals surface area contributed by atoms with Crippen LogP contribution in [0.15, 0.2) is 24.3 Å². The van der Waals surface area contributed by atoms with Crippen molar-refractivity contribution in [2.24, 2.45) is 0 Å². The number of non-ortho nitro benzene ring substituents is 1. The number of likely N-dealkylation sites (tertiary alicyclic amines) is 1. The monoisotopic (exact) mass is 250 g/mol. The topological polar surface area (TPSA) is 83.7 Å².